The van der Waals surface area contributed by atoms with E-state index in [4.69, 9.17) is 12.2 Å². The number of phenols is 2. The average Bonchev–Trinajstić information content (AvgIpc) is 2.54. The summed E-state index contributed by atoms with van der Waals surface area (Å²) in [4.78, 5) is 3.15. The Hall–Kier alpha value is -2.07. The van der Waals surface area contributed by atoms with E-state index in [0.29, 0.717) is 6.54 Å². The normalized spacial score (nSPS) is 13.7. The Morgan fingerprint density at radius 2 is 1.73 bits per heavy atom. The van der Waals surface area contributed by atoms with Gasteiger partial charge in [-0.1, -0.05) is 42.5 Å². The largest absolute Gasteiger partial charge is 0.504 e. The molecule has 0 aliphatic carbocycles. The van der Waals surface area contributed by atoms with Crippen molar-refractivity contribution in [3.8, 4) is 11.5 Å². The lowest BCUT2D eigenvalue weighted by Gasteiger charge is -2.31. The lowest BCUT2D eigenvalue weighted by molar-refractivity contribution is 0.378. The molecule has 4 heteroatoms. The summed E-state index contributed by atoms with van der Waals surface area (Å²) >= 11 is 5.57. The zero-order valence-electron chi connectivity index (χ0n) is 12.3. The molecule has 1 aliphatic heterocycles. The molecule has 0 radical (unpaired) electrons. The molecule has 0 bridgehead atoms. The van der Waals surface area contributed by atoms with Crippen molar-refractivity contribution in [2.24, 2.45) is 0 Å². The Balaban J connectivity index is 1.64. The van der Waals surface area contributed by atoms with Gasteiger partial charge in [-0.15, -0.1) is 0 Å². The topological polar surface area (TPSA) is 43.7 Å². The molecule has 1 aliphatic rings. The molecular weight excluding hydrogens is 294 g/mol. The number of hydrogen-bond donors (Lipinski definition) is 2. The van der Waals surface area contributed by atoms with Crippen molar-refractivity contribution < 1.29 is 10.2 Å². The summed E-state index contributed by atoms with van der Waals surface area (Å²) in [6, 6.07) is 13.7. The summed E-state index contributed by atoms with van der Waals surface area (Å²) in [5.41, 5.74) is 3.44. The molecule has 2 aromatic rings. The highest BCUT2D eigenvalue weighted by Crippen LogP contribution is 2.31. The SMILES string of the molecule is Oc1cc2c(cc1O)CN(C(=S)CCc1ccccc1)CC2. The number of rotatable bonds is 3. The highest BCUT2D eigenvalue weighted by Gasteiger charge is 2.20. The van der Waals surface area contributed by atoms with Crippen molar-refractivity contribution >= 4 is 17.2 Å². The Morgan fingerprint density at radius 3 is 2.45 bits per heavy atom. The average molecular weight is 313 g/mol. The summed E-state index contributed by atoms with van der Waals surface area (Å²) in [6.07, 6.45) is 2.65. The van der Waals surface area contributed by atoms with Crippen LogP contribution >= 0.6 is 12.2 Å². The summed E-state index contributed by atoms with van der Waals surface area (Å²) in [5.74, 6) is -0.102. The van der Waals surface area contributed by atoms with Gasteiger partial charge < -0.3 is 15.1 Å². The van der Waals surface area contributed by atoms with Crippen molar-refractivity contribution in [1.82, 2.24) is 4.90 Å². The van der Waals surface area contributed by atoms with Crippen molar-refractivity contribution in [3.05, 3.63) is 59.2 Å². The van der Waals surface area contributed by atoms with E-state index in [1.165, 1.54) is 5.56 Å². The predicted octanol–water partition coefficient (Wildman–Crippen LogP) is 3.42. The summed E-state index contributed by atoms with van der Waals surface area (Å²) in [6.45, 7) is 1.57. The third-order valence-electron chi connectivity index (χ3n) is 4.13. The number of fused-ring (bicyclic) bond motifs is 1. The second kappa shape index (κ2) is 6.36. The monoisotopic (exact) mass is 313 g/mol. The minimum absolute atomic E-state index is 0.0427. The van der Waals surface area contributed by atoms with Crippen molar-refractivity contribution in [1.29, 1.82) is 0 Å². The van der Waals surface area contributed by atoms with Crippen LogP contribution in [0, 0.1) is 0 Å². The van der Waals surface area contributed by atoms with Gasteiger partial charge in [-0.3, -0.25) is 0 Å². The van der Waals surface area contributed by atoms with Gasteiger partial charge in [0, 0.05) is 19.5 Å². The molecule has 0 spiro atoms. The first-order valence-corrected chi connectivity index (χ1v) is 7.90. The highest BCUT2D eigenvalue weighted by molar-refractivity contribution is 7.80. The third-order valence-corrected chi connectivity index (χ3v) is 4.59. The molecular formula is C18H19NO2S. The molecule has 0 saturated carbocycles. The van der Waals surface area contributed by atoms with Crippen molar-refractivity contribution in [2.75, 3.05) is 6.54 Å². The fourth-order valence-electron chi connectivity index (χ4n) is 2.85. The van der Waals surface area contributed by atoms with Crippen LogP contribution in [0.3, 0.4) is 0 Å². The Labute approximate surface area is 135 Å². The van der Waals surface area contributed by atoms with Gasteiger partial charge in [0.1, 0.15) is 0 Å². The second-order valence-corrected chi connectivity index (χ2v) is 6.13. The van der Waals surface area contributed by atoms with Gasteiger partial charge in [0.05, 0.1) is 4.99 Å². The van der Waals surface area contributed by atoms with Gasteiger partial charge in [-0.2, -0.15) is 0 Å². The zero-order chi connectivity index (χ0) is 15.5. The van der Waals surface area contributed by atoms with Gasteiger partial charge in [0.15, 0.2) is 11.5 Å². The van der Waals surface area contributed by atoms with Crippen LogP contribution in [-0.2, 0) is 19.4 Å². The standard InChI is InChI=1S/C18H19NO2S/c20-16-10-14-8-9-19(12-15(14)11-17(16)21)18(22)7-6-13-4-2-1-3-5-13/h1-5,10-11,20-21H,6-9,12H2. The number of aromatic hydroxyl groups is 2. The molecule has 114 valence electrons. The van der Waals surface area contributed by atoms with Crippen molar-refractivity contribution in [3.63, 3.8) is 0 Å². The van der Waals surface area contributed by atoms with E-state index in [1.807, 2.05) is 18.2 Å². The Kier molecular flexibility index (Phi) is 4.29. The van der Waals surface area contributed by atoms with Crippen LogP contribution in [0.25, 0.3) is 0 Å². The summed E-state index contributed by atoms with van der Waals surface area (Å²) in [5, 5.41) is 19.2. The van der Waals surface area contributed by atoms with Crippen LogP contribution in [0.4, 0.5) is 0 Å². The Morgan fingerprint density at radius 1 is 1.05 bits per heavy atom. The van der Waals surface area contributed by atoms with E-state index < -0.39 is 0 Å². The van der Waals surface area contributed by atoms with Crippen LogP contribution < -0.4 is 0 Å². The minimum atomic E-state index is -0.0594. The summed E-state index contributed by atoms with van der Waals surface area (Å²) in [7, 11) is 0. The van der Waals surface area contributed by atoms with Crippen LogP contribution in [0.15, 0.2) is 42.5 Å². The quantitative estimate of drug-likeness (QED) is 0.673. The molecule has 0 fully saturated rings. The molecule has 0 atom stereocenters. The first-order valence-electron chi connectivity index (χ1n) is 7.49. The van der Waals surface area contributed by atoms with E-state index in [2.05, 4.69) is 17.0 Å². The number of hydrogen-bond acceptors (Lipinski definition) is 3. The molecule has 0 aromatic heterocycles. The second-order valence-electron chi connectivity index (χ2n) is 5.66. The number of aryl methyl sites for hydroxylation is 1. The Bertz CT molecular complexity index is 685. The fraction of sp³-hybridized carbons (Fsp3) is 0.278. The lowest BCUT2D eigenvalue weighted by atomic mass is 9.98. The van der Waals surface area contributed by atoms with E-state index in [-0.39, 0.29) is 11.5 Å². The van der Waals surface area contributed by atoms with Gasteiger partial charge in [-0.05, 0) is 41.7 Å². The van der Waals surface area contributed by atoms with Gasteiger partial charge in [-0.25, -0.2) is 0 Å². The minimum Gasteiger partial charge on any atom is -0.504 e. The maximum Gasteiger partial charge on any atom is 0.157 e. The van der Waals surface area contributed by atoms with E-state index in [1.54, 1.807) is 12.1 Å². The third kappa shape index (κ3) is 3.22. The molecule has 0 saturated heterocycles. The first kappa shape index (κ1) is 14.9. The van der Waals surface area contributed by atoms with E-state index >= 15 is 0 Å². The van der Waals surface area contributed by atoms with Crippen LogP contribution in [-0.4, -0.2) is 26.6 Å². The van der Waals surface area contributed by atoms with Crippen LogP contribution in [0.1, 0.15) is 23.1 Å². The van der Waals surface area contributed by atoms with Gasteiger partial charge >= 0.3 is 0 Å². The first-order chi connectivity index (χ1) is 10.6. The number of benzene rings is 2. The maximum atomic E-state index is 9.65. The van der Waals surface area contributed by atoms with E-state index in [9.17, 15) is 10.2 Å². The van der Waals surface area contributed by atoms with Crippen LogP contribution in [0.2, 0.25) is 0 Å². The van der Waals surface area contributed by atoms with Gasteiger partial charge in [0.25, 0.3) is 0 Å². The molecule has 2 N–H and O–H groups in total. The molecule has 0 unspecified atom stereocenters. The molecule has 0 amide bonds. The number of phenolic OH excluding ortho intramolecular Hbond substituents is 2. The molecule has 3 nitrogen and oxygen atoms in total. The highest BCUT2D eigenvalue weighted by atomic mass is 32.1. The molecule has 1 heterocycles. The lowest BCUT2D eigenvalue weighted by Crippen LogP contribution is -2.35. The maximum absolute atomic E-state index is 9.65. The molecule has 2 aromatic carbocycles. The zero-order valence-corrected chi connectivity index (χ0v) is 13.1. The molecule has 3 rings (SSSR count). The van der Waals surface area contributed by atoms with Crippen molar-refractivity contribution in [2.45, 2.75) is 25.8 Å². The van der Waals surface area contributed by atoms with E-state index in [0.717, 1.165) is 41.9 Å². The number of thiocarbonyl (C=S) groups is 1. The molecule has 22 heavy (non-hydrogen) atoms. The van der Waals surface area contributed by atoms with Crippen LogP contribution in [0.5, 0.6) is 11.5 Å². The number of nitrogens with zero attached hydrogens (tertiary/aromatic N) is 1. The van der Waals surface area contributed by atoms with Gasteiger partial charge in [0.2, 0.25) is 0 Å². The predicted molar refractivity (Wildman–Crippen MR) is 91.2 cm³/mol. The smallest absolute Gasteiger partial charge is 0.157 e. The summed E-state index contributed by atoms with van der Waals surface area (Å²) < 4.78 is 0. The fourth-order valence-corrected chi connectivity index (χ4v) is 3.11.